The van der Waals surface area contributed by atoms with E-state index in [4.69, 9.17) is 5.73 Å². The van der Waals surface area contributed by atoms with Gasteiger partial charge in [-0.3, -0.25) is 10.1 Å². The largest absolute Gasteiger partial charge is 0.496 e. The van der Waals surface area contributed by atoms with Gasteiger partial charge in [-0.2, -0.15) is 13.2 Å². The Hall–Kier alpha value is -1.83. The van der Waals surface area contributed by atoms with Gasteiger partial charge in [-0.25, -0.2) is 0 Å². The number of halogens is 3. The second-order valence-corrected chi connectivity index (χ2v) is 3.14. The van der Waals surface area contributed by atoms with E-state index in [2.05, 4.69) is 4.74 Å². The Labute approximate surface area is 94.1 Å². The van der Waals surface area contributed by atoms with E-state index in [-0.39, 0.29) is 12.1 Å². The summed E-state index contributed by atoms with van der Waals surface area (Å²) in [7, 11) is 1.05. The molecule has 5 nitrogen and oxygen atoms in total. The standard InChI is InChI=1S/C9H9F3N2O3/c1-17-8-2-5(4-13)7(14(15)16)3-6(8)9(10,11)12/h2-3H,4,13H2,1H3. The maximum absolute atomic E-state index is 12.6. The van der Waals surface area contributed by atoms with Crippen molar-refractivity contribution >= 4 is 5.69 Å². The van der Waals surface area contributed by atoms with E-state index in [1.165, 1.54) is 0 Å². The van der Waals surface area contributed by atoms with Gasteiger partial charge in [0, 0.05) is 18.2 Å². The van der Waals surface area contributed by atoms with Crippen LogP contribution in [0.5, 0.6) is 5.75 Å². The van der Waals surface area contributed by atoms with Crippen LogP contribution in [-0.2, 0) is 12.7 Å². The van der Waals surface area contributed by atoms with Crippen LogP contribution in [0.4, 0.5) is 18.9 Å². The highest BCUT2D eigenvalue weighted by atomic mass is 19.4. The molecule has 0 saturated carbocycles. The van der Waals surface area contributed by atoms with Crippen molar-refractivity contribution in [3.63, 3.8) is 0 Å². The van der Waals surface area contributed by atoms with E-state index >= 15 is 0 Å². The molecule has 17 heavy (non-hydrogen) atoms. The van der Waals surface area contributed by atoms with Crippen LogP contribution in [-0.4, -0.2) is 12.0 Å². The first kappa shape index (κ1) is 13.2. The Morgan fingerprint density at radius 1 is 1.47 bits per heavy atom. The van der Waals surface area contributed by atoms with E-state index in [1.807, 2.05) is 0 Å². The van der Waals surface area contributed by atoms with Crippen LogP contribution in [0.15, 0.2) is 12.1 Å². The van der Waals surface area contributed by atoms with Crippen molar-refractivity contribution in [3.8, 4) is 5.75 Å². The van der Waals surface area contributed by atoms with Crippen molar-refractivity contribution in [2.24, 2.45) is 5.73 Å². The van der Waals surface area contributed by atoms with E-state index < -0.39 is 28.1 Å². The number of ether oxygens (including phenoxy) is 1. The average molecular weight is 250 g/mol. The lowest BCUT2D eigenvalue weighted by Crippen LogP contribution is -2.11. The predicted molar refractivity (Wildman–Crippen MR) is 52.5 cm³/mol. The smallest absolute Gasteiger partial charge is 0.420 e. The van der Waals surface area contributed by atoms with Gasteiger partial charge >= 0.3 is 6.18 Å². The number of benzene rings is 1. The molecule has 2 N–H and O–H groups in total. The normalized spacial score (nSPS) is 11.4. The molecule has 1 rings (SSSR count). The summed E-state index contributed by atoms with van der Waals surface area (Å²) in [5.74, 6) is -0.483. The first-order valence-corrected chi connectivity index (χ1v) is 4.43. The van der Waals surface area contributed by atoms with Gasteiger partial charge in [0.15, 0.2) is 0 Å². The first-order chi connectivity index (χ1) is 7.81. The highest BCUT2D eigenvalue weighted by Crippen LogP contribution is 2.39. The Morgan fingerprint density at radius 2 is 2.06 bits per heavy atom. The third kappa shape index (κ3) is 2.64. The van der Waals surface area contributed by atoms with Gasteiger partial charge in [0.2, 0.25) is 0 Å². The lowest BCUT2D eigenvalue weighted by Gasteiger charge is -2.13. The van der Waals surface area contributed by atoms with Crippen molar-refractivity contribution in [1.29, 1.82) is 0 Å². The van der Waals surface area contributed by atoms with E-state index in [0.29, 0.717) is 6.07 Å². The van der Waals surface area contributed by atoms with Crippen molar-refractivity contribution in [3.05, 3.63) is 33.4 Å². The molecule has 0 spiro atoms. The van der Waals surface area contributed by atoms with E-state index in [0.717, 1.165) is 13.2 Å². The fraction of sp³-hybridized carbons (Fsp3) is 0.333. The first-order valence-electron chi connectivity index (χ1n) is 4.43. The Balaban J connectivity index is 3.50. The summed E-state index contributed by atoms with van der Waals surface area (Å²) >= 11 is 0. The molecule has 0 saturated heterocycles. The molecule has 0 radical (unpaired) electrons. The number of methoxy groups -OCH3 is 1. The Morgan fingerprint density at radius 3 is 2.41 bits per heavy atom. The van der Waals surface area contributed by atoms with Gasteiger partial charge < -0.3 is 10.5 Å². The molecule has 0 aliphatic carbocycles. The number of nitrogens with two attached hydrogens (primary N) is 1. The second kappa shape index (κ2) is 4.58. The molecule has 0 heterocycles. The van der Waals surface area contributed by atoms with Gasteiger partial charge in [0.05, 0.1) is 12.0 Å². The number of hydrogen-bond donors (Lipinski definition) is 1. The molecule has 0 atom stereocenters. The molecular formula is C9H9F3N2O3. The summed E-state index contributed by atoms with van der Waals surface area (Å²) in [6, 6.07) is 1.36. The Kier molecular flexibility index (Phi) is 3.56. The zero-order chi connectivity index (χ0) is 13.2. The van der Waals surface area contributed by atoms with Crippen LogP contribution in [0, 0.1) is 10.1 Å². The van der Waals surface area contributed by atoms with Gasteiger partial charge in [0.25, 0.3) is 5.69 Å². The molecule has 0 aromatic heterocycles. The fourth-order valence-electron chi connectivity index (χ4n) is 1.33. The molecule has 8 heteroatoms. The molecule has 0 aliphatic rings. The molecule has 94 valence electrons. The average Bonchev–Trinajstić information content (AvgIpc) is 2.25. The summed E-state index contributed by atoms with van der Waals surface area (Å²) in [6.07, 6.45) is -4.72. The summed E-state index contributed by atoms with van der Waals surface area (Å²) in [6.45, 7) is -0.245. The van der Waals surface area contributed by atoms with Crippen LogP contribution in [0.25, 0.3) is 0 Å². The van der Waals surface area contributed by atoms with Crippen LogP contribution in [0.3, 0.4) is 0 Å². The zero-order valence-corrected chi connectivity index (χ0v) is 8.75. The Bertz CT molecular complexity index is 446. The highest BCUT2D eigenvalue weighted by Gasteiger charge is 2.37. The maximum atomic E-state index is 12.6. The van der Waals surface area contributed by atoms with Gasteiger partial charge in [-0.05, 0) is 6.07 Å². The monoisotopic (exact) mass is 250 g/mol. The molecule has 0 bridgehead atoms. The summed E-state index contributed by atoms with van der Waals surface area (Å²) in [5, 5.41) is 10.6. The zero-order valence-electron chi connectivity index (χ0n) is 8.75. The summed E-state index contributed by atoms with van der Waals surface area (Å²) in [5.41, 5.74) is 3.36. The van der Waals surface area contributed by atoms with Crippen LogP contribution >= 0.6 is 0 Å². The van der Waals surface area contributed by atoms with Gasteiger partial charge in [-0.1, -0.05) is 0 Å². The minimum absolute atomic E-state index is 0.0140. The van der Waals surface area contributed by atoms with Crippen molar-refractivity contribution < 1.29 is 22.8 Å². The predicted octanol–water partition coefficient (Wildman–Crippen LogP) is 2.08. The SMILES string of the molecule is COc1cc(CN)c([N+](=O)[O-])cc1C(F)(F)F. The van der Waals surface area contributed by atoms with Crippen molar-refractivity contribution in [1.82, 2.24) is 0 Å². The van der Waals surface area contributed by atoms with Crippen molar-refractivity contribution in [2.45, 2.75) is 12.7 Å². The topological polar surface area (TPSA) is 78.4 Å². The molecule has 0 unspecified atom stereocenters. The van der Waals surface area contributed by atoms with E-state index in [9.17, 15) is 23.3 Å². The molecule has 0 fully saturated rings. The van der Waals surface area contributed by atoms with E-state index in [1.54, 1.807) is 0 Å². The third-order valence-electron chi connectivity index (χ3n) is 2.12. The molecule has 1 aromatic rings. The lowest BCUT2D eigenvalue weighted by atomic mass is 10.1. The third-order valence-corrected chi connectivity index (χ3v) is 2.12. The van der Waals surface area contributed by atoms with Crippen molar-refractivity contribution in [2.75, 3.05) is 7.11 Å². The fourth-order valence-corrected chi connectivity index (χ4v) is 1.33. The minimum Gasteiger partial charge on any atom is -0.496 e. The maximum Gasteiger partial charge on any atom is 0.420 e. The molecule has 0 amide bonds. The quantitative estimate of drug-likeness (QED) is 0.658. The number of nitro benzene ring substituents is 1. The number of nitro groups is 1. The second-order valence-electron chi connectivity index (χ2n) is 3.14. The number of nitrogens with zero attached hydrogens (tertiary/aromatic N) is 1. The van der Waals surface area contributed by atoms with Crippen LogP contribution < -0.4 is 10.5 Å². The van der Waals surface area contributed by atoms with Gasteiger partial charge in [-0.15, -0.1) is 0 Å². The molecule has 1 aromatic carbocycles. The highest BCUT2D eigenvalue weighted by molar-refractivity contribution is 5.51. The molecular weight excluding hydrogens is 241 g/mol. The summed E-state index contributed by atoms with van der Waals surface area (Å²) < 4.78 is 42.3. The number of hydrogen-bond acceptors (Lipinski definition) is 4. The number of alkyl halides is 3. The lowest BCUT2D eigenvalue weighted by molar-refractivity contribution is -0.385. The summed E-state index contributed by atoms with van der Waals surface area (Å²) in [4.78, 5) is 9.70. The minimum atomic E-state index is -4.72. The van der Waals surface area contributed by atoms with Crippen LogP contribution in [0.2, 0.25) is 0 Å². The van der Waals surface area contributed by atoms with Gasteiger partial charge in [0.1, 0.15) is 11.3 Å². The van der Waals surface area contributed by atoms with Crippen LogP contribution in [0.1, 0.15) is 11.1 Å². The number of rotatable bonds is 3. The molecule has 0 aliphatic heterocycles.